The summed E-state index contributed by atoms with van der Waals surface area (Å²) in [5.74, 6) is -0.697. The van der Waals surface area contributed by atoms with Crippen molar-refractivity contribution >= 4 is 0 Å². The van der Waals surface area contributed by atoms with Gasteiger partial charge in [-0.3, -0.25) is 0 Å². The van der Waals surface area contributed by atoms with Gasteiger partial charge in [-0.05, 0) is 24.6 Å². The Bertz CT molecular complexity index is 346. The number of alkyl halides is 3. The summed E-state index contributed by atoms with van der Waals surface area (Å²) in [5.41, 5.74) is 4.54. The van der Waals surface area contributed by atoms with E-state index in [2.05, 4.69) is 0 Å². The van der Waals surface area contributed by atoms with Crippen LogP contribution >= 0.6 is 0 Å². The lowest BCUT2D eigenvalue weighted by atomic mass is 10.0. The summed E-state index contributed by atoms with van der Waals surface area (Å²) in [5, 5.41) is 0. The zero-order valence-electron chi connectivity index (χ0n) is 8.11. The molecule has 1 aromatic rings. The molecule has 0 aliphatic heterocycles. The highest BCUT2D eigenvalue weighted by molar-refractivity contribution is 5.29. The highest BCUT2D eigenvalue weighted by atomic mass is 19.4. The Hall–Kier alpha value is -1.10. The summed E-state index contributed by atoms with van der Waals surface area (Å²) >= 11 is 0. The molecule has 1 rings (SSSR count). The van der Waals surface area contributed by atoms with Crippen LogP contribution in [-0.2, 0) is 6.18 Å². The average molecular weight is 221 g/mol. The molecule has 0 aliphatic rings. The van der Waals surface area contributed by atoms with Gasteiger partial charge < -0.3 is 5.73 Å². The molecule has 0 heterocycles. The summed E-state index contributed by atoms with van der Waals surface area (Å²) < 4.78 is 50.1. The van der Waals surface area contributed by atoms with E-state index in [1.165, 1.54) is 0 Å². The molecule has 1 atom stereocenters. The van der Waals surface area contributed by atoms with Crippen LogP contribution in [0.1, 0.15) is 30.5 Å². The van der Waals surface area contributed by atoms with Crippen molar-refractivity contribution in [3.63, 3.8) is 0 Å². The molecule has 2 N–H and O–H groups in total. The van der Waals surface area contributed by atoms with Gasteiger partial charge in [-0.1, -0.05) is 6.92 Å². The number of nitrogens with two attached hydrogens (primary N) is 1. The topological polar surface area (TPSA) is 26.0 Å². The number of rotatable bonds is 2. The second kappa shape index (κ2) is 4.18. The van der Waals surface area contributed by atoms with Crippen molar-refractivity contribution < 1.29 is 17.6 Å². The zero-order chi connectivity index (χ0) is 11.6. The second-order valence-electron chi connectivity index (χ2n) is 3.25. The molecular weight excluding hydrogens is 210 g/mol. The smallest absolute Gasteiger partial charge is 0.324 e. The molecule has 0 bridgehead atoms. The summed E-state index contributed by atoms with van der Waals surface area (Å²) in [7, 11) is 0. The van der Waals surface area contributed by atoms with Gasteiger partial charge in [0.2, 0.25) is 0 Å². The van der Waals surface area contributed by atoms with Crippen molar-refractivity contribution in [1.29, 1.82) is 0 Å². The second-order valence-corrected chi connectivity index (χ2v) is 3.25. The fraction of sp³-hybridized carbons (Fsp3) is 0.400. The standard InChI is InChI=1S/C10H11F4N/c1-2-9(15)7-5-6(10(12,13)14)3-4-8(7)11/h3-5,9H,2,15H2,1H3/t9-/m1/s1. The average Bonchev–Trinajstić information content (AvgIpc) is 2.15. The molecule has 0 unspecified atom stereocenters. The summed E-state index contributed by atoms with van der Waals surface area (Å²) in [6.07, 6.45) is -4.08. The predicted molar refractivity (Wildman–Crippen MR) is 48.6 cm³/mol. The van der Waals surface area contributed by atoms with Crippen LogP contribution in [0, 0.1) is 5.82 Å². The minimum Gasteiger partial charge on any atom is -0.324 e. The zero-order valence-corrected chi connectivity index (χ0v) is 8.11. The van der Waals surface area contributed by atoms with Crippen LogP contribution in [0.5, 0.6) is 0 Å². The normalized spacial score (nSPS) is 14.0. The molecule has 0 amide bonds. The molecule has 0 aromatic heterocycles. The molecule has 0 spiro atoms. The van der Waals surface area contributed by atoms with E-state index in [4.69, 9.17) is 5.73 Å². The highest BCUT2D eigenvalue weighted by Gasteiger charge is 2.31. The number of hydrogen-bond acceptors (Lipinski definition) is 1. The summed E-state index contributed by atoms with van der Waals surface area (Å²) in [4.78, 5) is 0. The Balaban J connectivity index is 3.17. The molecule has 1 nitrogen and oxygen atoms in total. The number of benzene rings is 1. The third-order valence-electron chi connectivity index (χ3n) is 2.16. The Labute approximate surface area is 84.9 Å². The fourth-order valence-electron chi connectivity index (χ4n) is 1.22. The monoisotopic (exact) mass is 221 g/mol. The largest absolute Gasteiger partial charge is 0.416 e. The summed E-state index contributed by atoms with van der Waals surface area (Å²) in [6.45, 7) is 1.68. The first-order valence-electron chi connectivity index (χ1n) is 4.48. The van der Waals surface area contributed by atoms with Crippen molar-refractivity contribution in [2.24, 2.45) is 5.73 Å². The maximum atomic E-state index is 13.1. The van der Waals surface area contributed by atoms with Gasteiger partial charge in [0.05, 0.1) is 5.56 Å². The molecule has 0 saturated carbocycles. The van der Waals surface area contributed by atoms with Crippen molar-refractivity contribution in [2.75, 3.05) is 0 Å². The molecule has 15 heavy (non-hydrogen) atoms. The first-order valence-corrected chi connectivity index (χ1v) is 4.48. The first-order chi connectivity index (χ1) is 6.86. The first kappa shape index (κ1) is 12.0. The van der Waals surface area contributed by atoms with Gasteiger partial charge in [-0.15, -0.1) is 0 Å². The van der Waals surface area contributed by atoms with Gasteiger partial charge in [0.25, 0.3) is 0 Å². The van der Waals surface area contributed by atoms with Crippen molar-refractivity contribution in [3.05, 3.63) is 35.1 Å². The Morgan fingerprint density at radius 1 is 1.33 bits per heavy atom. The molecule has 0 aliphatic carbocycles. The fourth-order valence-corrected chi connectivity index (χ4v) is 1.22. The van der Waals surface area contributed by atoms with Crippen LogP contribution in [0.15, 0.2) is 18.2 Å². The lowest BCUT2D eigenvalue weighted by Gasteiger charge is -2.13. The van der Waals surface area contributed by atoms with Crippen LogP contribution < -0.4 is 5.73 Å². The molecule has 84 valence electrons. The number of hydrogen-bond donors (Lipinski definition) is 1. The Morgan fingerprint density at radius 3 is 2.40 bits per heavy atom. The van der Waals surface area contributed by atoms with Crippen LogP contribution in [0.4, 0.5) is 17.6 Å². The highest BCUT2D eigenvalue weighted by Crippen LogP contribution is 2.31. The Kier molecular flexibility index (Phi) is 3.34. The third-order valence-corrected chi connectivity index (χ3v) is 2.16. The Morgan fingerprint density at radius 2 is 1.93 bits per heavy atom. The van der Waals surface area contributed by atoms with Gasteiger partial charge >= 0.3 is 6.18 Å². The van der Waals surface area contributed by atoms with Gasteiger partial charge in [-0.25, -0.2) is 4.39 Å². The van der Waals surface area contributed by atoms with E-state index in [0.29, 0.717) is 12.5 Å². The lowest BCUT2D eigenvalue weighted by Crippen LogP contribution is -2.13. The van der Waals surface area contributed by atoms with Crippen molar-refractivity contribution in [1.82, 2.24) is 0 Å². The lowest BCUT2D eigenvalue weighted by molar-refractivity contribution is -0.137. The van der Waals surface area contributed by atoms with E-state index in [-0.39, 0.29) is 5.56 Å². The molecule has 0 saturated heterocycles. The molecular formula is C10H11F4N. The van der Waals surface area contributed by atoms with Crippen LogP contribution in [0.2, 0.25) is 0 Å². The SMILES string of the molecule is CC[C@@H](N)c1cc(C(F)(F)F)ccc1F. The minimum absolute atomic E-state index is 0.0904. The maximum Gasteiger partial charge on any atom is 0.416 e. The third kappa shape index (κ3) is 2.68. The van der Waals surface area contributed by atoms with Crippen LogP contribution in [0.3, 0.4) is 0 Å². The quantitative estimate of drug-likeness (QED) is 0.762. The number of halogens is 4. The van der Waals surface area contributed by atoms with E-state index in [1.807, 2.05) is 0 Å². The minimum atomic E-state index is -4.46. The van der Waals surface area contributed by atoms with Crippen molar-refractivity contribution in [3.8, 4) is 0 Å². The molecule has 1 aromatic carbocycles. The molecule has 5 heteroatoms. The van der Waals surface area contributed by atoms with Gasteiger partial charge in [0, 0.05) is 11.6 Å². The maximum absolute atomic E-state index is 13.1. The van der Waals surface area contributed by atoms with E-state index >= 15 is 0 Å². The summed E-state index contributed by atoms with van der Waals surface area (Å²) in [6, 6.07) is 1.57. The molecule has 0 fully saturated rings. The van der Waals surface area contributed by atoms with E-state index < -0.39 is 23.6 Å². The van der Waals surface area contributed by atoms with Crippen LogP contribution in [-0.4, -0.2) is 0 Å². The molecule has 0 radical (unpaired) electrons. The van der Waals surface area contributed by atoms with E-state index in [1.54, 1.807) is 6.92 Å². The van der Waals surface area contributed by atoms with E-state index in [0.717, 1.165) is 12.1 Å². The predicted octanol–water partition coefficient (Wildman–Crippen LogP) is 3.25. The van der Waals surface area contributed by atoms with Crippen LogP contribution in [0.25, 0.3) is 0 Å². The van der Waals surface area contributed by atoms with Gasteiger partial charge in [-0.2, -0.15) is 13.2 Å². The van der Waals surface area contributed by atoms with E-state index in [9.17, 15) is 17.6 Å². The van der Waals surface area contributed by atoms with Gasteiger partial charge in [0.15, 0.2) is 0 Å². The van der Waals surface area contributed by atoms with Crippen molar-refractivity contribution in [2.45, 2.75) is 25.6 Å². The van der Waals surface area contributed by atoms with Gasteiger partial charge in [0.1, 0.15) is 5.82 Å².